The van der Waals surface area contributed by atoms with Gasteiger partial charge < -0.3 is 4.90 Å². The molecule has 0 saturated heterocycles. The van der Waals surface area contributed by atoms with Gasteiger partial charge in [0.15, 0.2) is 0 Å². The zero-order valence-electron chi connectivity index (χ0n) is 34.9. The largest absolute Gasteiger partial charge is 0.310 e. The number of fused-ring (bicyclic) bond motifs is 13. The van der Waals surface area contributed by atoms with E-state index in [0.29, 0.717) is 0 Å². The second-order valence-electron chi connectivity index (χ2n) is 18.5. The second kappa shape index (κ2) is 12.4. The van der Waals surface area contributed by atoms with Crippen molar-refractivity contribution in [3.63, 3.8) is 0 Å². The van der Waals surface area contributed by atoms with Crippen LogP contribution in [0.1, 0.15) is 118 Å². The van der Waals surface area contributed by atoms with Gasteiger partial charge in [0.25, 0.3) is 0 Å². The van der Waals surface area contributed by atoms with Crippen LogP contribution in [-0.2, 0) is 16.2 Å². The monoisotopic (exact) mass is 738 g/mol. The van der Waals surface area contributed by atoms with Gasteiger partial charge >= 0.3 is 0 Å². The van der Waals surface area contributed by atoms with Crippen molar-refractivity contribution in [2.75, 3.05) is 4.90 Å². The van der Waals surface area contributed by atoms with Crippen LogP contribution in [-0.4, -0.2) is 0 Å². The number of anilines is 3. The zero-order valence-corrected chi connectivity index (χ0v) is 33.9. The lowest BCUT2D eigenvalue weighted by Gasteiger charge is -2.35. The van der Waals surface area contributed by atoms with E-state index in [4.69, 9.17) is 0 Å². The molecular weight excluding hydrogens is 687 g/mol. The van der Waals surface area contributed by atoms with Crippen LogP contribution in [0.5, 0.6) is 0 Å². The Kier molecular flexibility index (Phi) is 7.29. The summed E-state index contributed by atoms with van der Waals surface area (Å²) in [5.74, 6) is -0.650. The summed E-state index contributed by atoms with van der Waals surface area (Å²) < 4.78 is 10.1. The quantitative estimate of drug-likeness (QED) is 0.174. The highest BCUT2D eigenvalue weighted by Crippen LogP contribution is 2.64. The number of hydrogen-bond acceptors (Lipinski definition) is 1. The van der Waals surface area contributed by atoms with Gasteiger partial charge in [0.2, 0.25) is 0 Å². The lowest BCUT2D eigenvalue weighted by atomic mass is 9.69. The maximum atomic E-state index is 10.1. The molecule has 0 aromatic heterocycles. The van der Waals surface area contributed by atoms with Gasteiger partial charge in [-0.3, -0.25) is 0 Å². The first kappa shape index (κ1) is 33.5. The SMILES string of the molecule is [2H]C1(c2ccccc2N(c2ccc3c(c2)C2(c4ccccc4-3)c3ccccc3-c3ccc(C(C)(C)C)cc32)c2cccc3c2-c2ccccc2C3(C)C)CCCCC1. The van der Waals surface area contributed by atoms with E-state index >= 15 is 0 Å². The van der Waals surface area contributed by atoms with E-state index in [0.717, 1.165) is 42.6 Å². The fourth-order valence-electron chi connectivity index (χ4n) is 11.3. The molecule has 280 valence electrons. The van der Waals surface area contributed by atoms with Crippen LogP contribution in [0.4, 0.5) is 17.1 Å². The molecular formula is C56H51N. The third-order valence-electron chi connectivity index (χ3n) is 14.0. The highest BCUT2D eigenvalue weighted by molar-refractivity contribution is 5.99. The van der Waals surface area contributed by atoms with Gasteiger partial charge in [0.05, 0.1) is 11.1 Å². The number of hydrogen-bond donors (Lipinski definition) is 0. The zero-order chi connectivity index (χ0) is 39.6. The molecule has 0 N–H and O–H groups in total. The van der Waals surface area contributed by atoms with Crippen LogP contribution < -0.4 is 4.90 Å². The topological polar surface area (TPSA) is 3.24 Å². The van der Waals surface area contributed by atoms with Crippen LogP contribution in [0.2, 0.25) is 0 Å². The molecule has 0 radical (unpaired) electrons. The molecule has 0 bridgehead atoms. The predicted molar refractivity (Wildman–Crippen MR) is 240 cm³/mol. The fourth-order valence-corrected chi connectivity index (χ4v) is 11.3. The lowest BCUT2D eigenvalue weighted by Crippen LogP contribution is -2.27. The molecule has 4 aliphatic rings. The van der Waals surface area contributed by atoms with E-state index in [1.165, 1.54) is 84.4 Å². The molecule has 7 aromatic carbocycles. The summed E-state index contributed by atoms with van der Waals surface area (Å²) in [5, 5.41) is 0. The van der Waals surface area contributed by atoms with Gasteiger partial charge in [-0.25, -0.2) is 0 Å². The average molecular weight is 739 g/mol. The van der Waals surface area contributed by atoms with Crippen molar-refractivity contribution in [2.45, 2.75) is 88.9 Å². The van der Waals surface area contributed by atoms with Gasteiger partial charge in [-0.15, -0.1) is 0 Å². The third kappa shape index (κ3) is 4.81. The predicted octanol–water partition coefficient (Wildman–Crippen LogP) is 15.2. The van der Waals surface area contributed by atoms with Crippen molar-refractivity contribution in [3.8, 4) is 33.4 Å². The normalized spacial score (nSPS) is 19.2. The van der Waals surface area contributed by atoms with E-state index < -0.39 is 11.3 Å². The summed E-state index contributed by atoms with van der Waals surface area (Å²) in [4.78, 5) is 2.54. The molecule has 0 heterocycles. The Morgan fingerprint density at radius 1 is 0.509 bits per heavy atom. The number of rotatable bonds is 4. The molecule has 57 heavy (non-hydrogen) atoms. The molecule has 1 fully saturated rings. The maximum absolute atomic E-state index is 10.1. The Balaban J connectivity index is 1.23. The third-order valence-corrected chi connectivity index (χ3v) is 14.0. The van der Waals surface area contributed by atoms with E-state index in [9.17, 15) is 1.37 Å². The first-order valence-electron chi connectivity index (χ1n) is 21.7. The van der Waals surface area contributed by atoms with Crippen LogP contribution >= 0.6 is 0 Å². The van der Waals surface area contributed by atoms with Gasteiger partial charge in [0, 0.05) is 23.7 Å². The smallest absolute Gasteiger partial charge is 0.0726 e. The first-order valence-corrected chi connectivity index (χ1v) is 21.2. The number of benzene rings is 7. The minimum atomic E-state index is -0.650. The standard InChI is InChI=1S/C56H51N/c1-54(2,3)37-30-32-42-40-21-9-14-25-46(40)56(49(42)34-37)47-26-15-10-22-41(47)43-33-31-38(35-50(43)56)57(51-28-16-12-20-39(51)36-18-7-6-8-19-36)52-29-17-27-48-53(52)44-23-11-13-24-45(44)55(48,4)5/h9-17,20-36H,6-8,18-19H2,1-5H3/i36D. The summed E-state index contributed by atoms with van der Waals surface area (Å²) in [7, 11) is 0. The molecule has 1 atom stereocenters. The van der Waals surface area contributed by atoms with Gasteiger partial charge in [0.1, 0.15) is 0 Å². The molecule has 1 heteroatoms. The summed E-state index contributed by atoms with van der Waals surface area (Å²) in [6.45, 7) is 11.7. The van der Waals surface area contributed by atoms with Gasteiger partial charge in [-0.05, 0) is 121 Å². The molecule has 7 aromatic rings. The molecule has 11 rings (SSSR count). The summed E-state index contributed by atoms with van der Waals surface area (Å²) in [6.07, 6.45) is 5.15. The Hall–Kier alpha value is -5.66. The Morgan fingerprint density at radius 3 is 1.75 bits per heavy atom. The minimum Gasteiger partial charge on any atom is -0.310 e. The van der Waals surface area contributed by atoms with E-state index in [1.54, 1.807) is 0 Å². The van der Waals surface area contributed by atoms with E-state index in [1.807, 2.05) is 0 Å². The Labute approximate surface area is 340 Å². The van der Waals surface area contributed by atoms with Crippen LogP contribution in [0.15, 0.2) is 152 Å². The summed E-state index contributed by atoms with van der Waals surface area (Å²) >= 11 is 0. The molecule has 0 amide bonds. The van der Waals surface area contributed by atoms with Crippen LogP contribution in [0.3, 0.4) is 0 Å². The average Bonchev–Trinajstić information content (AvgIpc) is 3.80. The summed E-state index contributed by atoms with van der Waals surface area (Å²) in [5.41, 5.74) is 21.3. The highest BCUT2D eigenvalue weighted by atomic mass is 15.1. The van der Waals surface area contributed by atoms with E-state index in [-0.39, 0.29) is 10.8 Å². The highest BCUT2D eigenvalue weighted by Gasteiger charge is 2.52. The molecule has 4 aliphatic carbocycles. The Morgan fingerprint density at radius 2 is 1.05 bits per heavy atom. The van der Waals surface area contributed by atoms with Crippen molar-refractivity contribution in [3.05, 3.63) is 196 Å². The van der Waals surface area contributed by atoms with E-state index in [2.05, 4.69) is 191 Å². The first-order chi connectivity index (χ1) is 28.0. The maximum Gasteiger partial charge on any atom is 0.0726 e. The summed E-state index contributed by atoms with van der Waals surface area (Å²) in [6, 6.07) is 57.7. The minimum absolute atomic E-state index is 0.00258. The van der Waals surface area contributed by atoms with Gasteiger partial charge in [-0.2, -0.15) is 0 Å². The Bertz CT molecular complexity index is 2800. The van der Waals surface area contributed by atoms with Crippen molar-refractivity contribution >= 4 is 17.1 Å². The van der Waals surface area contributed by atoms with Crippen LogP contribution in [0, 0.1) is 0 Å². The lowest BCUT2D eigenvalue weighted by molar-refractivity contribution is 0.444. The molecule has 1 spiro atoms. The van der Waals surface area contributed by atoms with Crippen molar-refractivity contribution < 1.29 is 1.37 Å². The van der Waals surface area contributed by atoms with Crippen molar-refractivity contribution in [1.29, 1.82) is 0 Å². The molecule has 1 saturated carbocycles. The number of para-hydroxylation sites is 1. The second-order valence-corrected chi connectivity index (χ2v) is 18.5. The van der Waals surface area contributed by atoms with Gasteiger partial charge in [-0.1, -0.05) is 181 Å². The van der Waals surface area contributed by atoms with Crippen molar-refractivity contribution in [1.82, 2.24) is 0 Å². The van der Waals surface area contributed by atoms with Crippen molar-refractivity contribution in [2.24, 2.45) is 0 Å². The molecule has 0 aliphatic heterocycles. The molecule has 1 nitrogen and oxygen atoms in total. The fraction of sp³-hybridized carbons (Fsp3) is 0.250. The van der Waals surface area contributed by atoms with Crippen LogP contribution in [0.25, 0.3) is 33.4 Å². The molecule has 1 unspecified atom stereocenters. The number of nitrogens with zero attached hydrogens (tertiary/aromatic N) is 1.